The van der Waals surface area contributed by atoms with Crippen LogP contribution >= 0.6 is 11.8 Å². The molecule has 1 aromatic heterocycles. The maximum Gasteiger partial charge on any atom is 0.232 e. The van der Waals surface area contributed by atoms with E-state index in [1.165, 1.54) is 11.8 Å². The minimum Gasteiger partial charge on any atom is -0.497 e. The van der Waals surface area contributed by atoms with Crippen LogP contribution in [-0.2, 0) is 17.8 Å². The molecule has 162 valence electrons. The Hall–Kier alpha value is -3.13. The van der Waals surface area contributed by atoms with Crippen LogP contribution in [0.5, 0.6) is 5.75 Å². The van der Waals surface area contributed by atoms with E-state index in [1.807, 2.05) is 43.5 Å². The van der Waals surface area contributed by atoms with E-state index in [0.717, 1.165) is 16.8 Å². The summed E-state index contributed by atoms with van der Waals surface area (Å²) in [4.78, 5) is 25.0. The molecule has 3 aromatic rings. The maximum atomic E-state index is 12.5. The Morgan fingerprint density at radius 1 is 1.10 bits per heavy atom. The number of methoxy groups -OCH3 is 1. The Bertz CT molecular complexity index is 1080. The number of benzene rings is 2. The van der Waals surface area contributed by atoms with Gasteiger partial charge in [0.15, 0.2) is 10.9 Å². The largest absolute Gasteiger partial charge is 0.497 e. The molecule has 0 fully saturated rings. The van der Waals surface area contributed by atoms with Gasteiger partial charge in [0, 0.05) is 17.8 Å². The molecule has 0 aliphatic carbocycles. The second-order valence-corrected chi connectivity index (χ2v) is 8.07. The van der Waals surface area contributed by atoms with Crippen LogP contribution in [-0.4, -0.2) is 39.3 Å². The summed E-state index contributed by atoms with van der Waals surface area (Å²) in [7, 11) is 1.59. The van der Waals surface area contributed by atoms with Gasteiger partial charge in [-0.2, -0.15) is 0 Å². The van der Waals surface area contributed by atoms with E-state index >= 15 is 0 Å². The molecular weight excluding hydrogens is 412 g/mol. The number of Topliss-reactive ketones (excluding diaryl/α,β-unsaturated/α-hetero) is 1. The lowest BCUT2D eigenvalue weighted by molar-refractivity contribution is -0.115. The first kappa shape index (κ1) is 22.6. The third-order valence-electron chi connectivity index (χ3n) is 4.83. The molecule has 0 spiro atoms. The van der Waals surface area contributed by atoms with Crippen LogP contribution < -0.4 is 10.1 Å². The lowest BCUT2D eigenvalue weighted by Crippen LogP contribution is -2.18. The average molecular weight is 439 g/mol. The summed E-state index contributed by atoms with van der Waals surface area (Å²) < 4.78 is 6.99. The monoisotopic (exact) mass is 438 g/mol. The molecule has 0 aliphatic rings. The van der Waals surface area contributed by atoms with E-state index in [2.05, 4.69) is 15.5 Å². The molecule has 7 nitrogen and oxygen atoms in total. The molecular formula is C23H26N4O3S. The molecule has 3 rings (SSSR count). The van der Waals surface area contributed by atoms with Gasteiger partial charge in [-0.3, -0.25) is 9.59 Å². The van der Waals surface area contributed by atoms with Crippen molar-refractivity contribution in [1.29, 1.82) is 0 Å². The lowest BCUT2D eigenvalue weighted by Gasteiger charge is -2.10. The van der Waals surface area contributed by atoms with E-state index in [1.54, 1.807) is 31.4 Å². The third kappa shape index (κ3) is 5.73. The summed E-state index contributed by atoms with van der Waals surface area (Å²) in [6, 6.07) is 12.9. The van der Waals surface area contributed by atoms with Crippen LogP contribution in [0.2, 0.25) is 0 Å². The van der Waals surface area contributed by atoms with Gasteiger partial charge < -0.3 is 14.6 Å². The van der Waals surface area contributed by atoms with Gasteiger partial charge in [0.1, 0.15) is 11.6 Å². The fraction of sp³-hybridized carbons (Fsp3) is 0.304. The number of amides is 1. The van der Waals surface area contributed by atoms with E-state index in [4.69, 9.17) is 4.74 Å². The highest BCUT2D eigenvalue weighted by Crippen LogP contribution is 2.21. The first-order chi connectivity index (χ1) is 14.9. The normalized spacial score (nSPS) is 10.7. The number of ether oxygens (including phenoxy) is 1. The molecule has 1 N–H and O–H groups in total. The Morgan fingerprint density at radius 2 is 1.84 bits per heavy atom. The van der Waals surface area contributed by atoms with E-state index in [9.17, 15) is 9.59 Å². The average Bonchev–Trinajstić information content (AvgIpc) is 3.15. The zero-order chi connectivity index (χ0) is 22.4. The van der Waals surface area contributed by atoms with Crippen LogP contribution in [0.3, 0.4) is 0 Å². The summed E-state index contributed by atoms with van der Waals surface area (Å²) in [6.07, 6.45) is 0.112. The number of ketones is 1. The highest BCUT2D eigenvalue weighted by atomic mass is 32.2. The molecule has 0 saturated carbocycles. The van der Waals surface area contributed by atoms with Crippen molar-refractivity contribution in [2.75, 3.05) is 18.2 Å². The highest BCUT2D eigenvalue weighted by Gasteiger charge is 2.17. The first-order valence-corrected chi connectivity index (χ1v) is 11.0. The number of rotatable bonds is 9. The Kier molecular flexibility index (Phi) is 7.46. The zero-order valence-corrected chi connectivity index (χ0v) is 19.0. The molecule has 0 atom stereocenters. The molecule has 0 bridgehead atoms. The number of thioether (sulfide) groups is 1. The van der Waals surface area contributed by atoms with Crippen LogP contribution in [0, 0.1) is 13.8 Å². The van der Waals surface area contributed by atoms with Gasteiger partial charge in [-0.1, -0.05) is 29.5 Å². The van der Waals surface area contributed by atoms with Crippen LogP contribution in [0.25, 0.3) is 0 Å². The predicted octanol–water partition coefficient (Wildman–Crippen LogP) is 4.08. The molecule has 1 heterocycles. The summed E-state index contributed by atoms with van der Waals surface area (Å²) in [5.41, 5.74) is 3.56. The number of carbonyl (C=O) groups is 2. The minimum absolute atomic E-state index is 0.00699. The van der Waals surface area contributed by atoms with E-state index in [-0.39, 0.29) is 23.9 Å². The van der Waals surface area contributed by atoms with Gasteiger partial charge in [-0.25, -0.2) is 0 Å². The maximum absolute atomic E-state index is 12.5. The second-order valence-electron chi connectivity index (χ2n) is 7.13. The topological polar surface area (TPSA) is 86.1 Å². The molecule has 31 heavy (non-hydrogen) atoms. The van der Waals surface area contributed by atoms with Crippen molar-refractivity contribution < 1.29 is 14.3 Å². The molecule has 0 radical (unpaired) electrons. The predicted molar refractivity (Wildman–Crippen MR) is 122 cm³/mol. The van der Waals surface area contributed by atoms with Gasteiger partial charge in [-0.15, -0.1) is 10.2 Å². The molecule has 0 saturated heterocycles. The van der Waals surface area contributed by atoms with Crippen molar-refractivity contribution in [2.24, 2.45) is 0 Å². The van der Waals surface area contributed by atoms with Crippen molar-refractivity contribution in [3.05, 3.63) is 65.0 Å². The second kappa shape index (κ2) is 10.3. The fourth-order valence-electron chi connectivity index (χ4n) is 3.16. The molecule has 0 aliphatic heterocycles. The Balaban J connectivity index is 1.63. The number of aryl methyl sites for hydroxylation is 2. The number of hydrogen-bond donors (Lipinski definition) is 1. The number of anilines is 1. The van der Waals surface area contributed by atoms with Crippen molar-refractivity contribution in [1.82, 2.24) is 14.8 Å². The third-order valence-corrected chi connectivity index (χ3v) is 5.80. The summed E-state index contributed by atoms with van der Waals surface area (Å²) in [5, 5.41) is 11.9. The fourth-order valence-corrected chi connectivity index (χ4v) is 4.07. The Labute approximate surface area is 186 Å². The van der Waals surface area contributed by atoms with Crippen molar-refractivity contribution in [3.8, 4) is 5.75 Å². The van der Waals surface area contributed by atoms with Gasteiger partial charge >= 0.3 is 0 Å². The minimum atomic E-state index is -0.153. The van der Waals surface area contributed by atoms with E-state index in [0.29, 0.717) is 28.8 Å². The van der Waals surface area contributed by atoms with Gasteiger partial charge in [-0.05, 0) is 56.7 Å². The first-order valence-electron chi connectivity index (χ1n) is 10.0. The van der Waals surface area contributed by atoms with Crippen LogP contribution in [0.4, 0.5) is 5.69 Å². The van der Waals surface area contributed by atoms with E-state index < -0.39 is 0 Å². The van der Waals surface area contributed by atoms with Gasteiger partial charge in [0.05, 0.1) is 19.3 Å². The molecule has 0 unspecified atom stereocenters. The SMILES string of the molecule is CCn1c(CC(=O)Nc2ccc(C)cc2C)nnc1SCC(=O)c1ccc(OC)cc1. The smallest absolute Gasteiger partial charge is 0.232 e. The zero-order valence-electron chi connectivity index (χ0n) is 18.1. The summed E-state index contributed by atoms with van der Waals surface area (Å²) in [5.74, 6) is 1.36. The quantitative estimate of drug-likeness (QED) is 0.400. The van der Waals surface area contributed by atoms with Crippen LogP contribution in [0.1, 0.15) is 34.2 Å². The summed E-state index contributed by atoms with van der Waals surface area (Å²) in [6.45, 7) is 6.55. The number of carbonyl (C=O) groups excluding carboxylic acids is 2. The van der Waals surface area contributed by atoms with Gasteiger partial charge in [0.25, 0.3) is 0 Å². The molecule has 1 amide bonds. The van der Waals surface area contributed by atoms with Crippen molar-refractivity contribution in [3.63, 3.8) is 0 Å². The highest BCUT2D eigenvalue weighted by molar-refractivity contribution is 7.99. The van der Waals surface area contributed by atoms with Crippen LogP contribution in [0.15, 0.2) is 47.6 Å². The van der Waals surface area contributed by atoms with Crippen molar-refractivity contribution >= 4 is 29.1 Å². The molecule has 8 heteroatoms. The standard InChI is InChI=1S/C23H26N4O3S/c1-5-27-21(13-22(29)24-19-11-6-15(2)12-16(19)3)25-26-23(27)31-14-20(28)17-7-9-18(30-4)10-8-17/h6-12H,5,13-14H2,1-4H3,(H,24,29). The number of nitrogens with zero attached hydrogens (tertiary/aromatic N) is 3. The van der Waals surface area contributed by atoms with Crippen molar-refractivity contribution in [2.45, 2.75) is 38.9 Å². The lowest BCUT2D eigenvalue weighted by atomic mass is 10.1. The summed E-state index contributed by atoms with van der Waals surface area (Å²) >= 11 is 1.32. The molecule has 2 aromatic carbocycles. The Morgan fingerprint density at radius 3 is 2.48 bits per heavy atom. The number of aromatic nitrogens is 3. The number of hydrogen-bond acceptors (Lipinski definition) is 6. The van der Waals surface area contributed by atoms with Gasteiger partial charge in [0.2, 0.25) is 5.91 Å². The number of nitrogens with one attached hydrogen (secondary N) is 1.